The number of halogens is 1. The number of aryl methyl sites for hydroxylation is 1. The van der Waals surface area contributed by atoms with Crippen molar-refractivity contribution in [3.05, 3.63) is 46.5 Å². The fourth-order valence-corrected chi connectivity index (χ4v) is 4.35. The van der Waals surface area contributed by atoms with Gasteiger partial charge in [0, 0.05) is 17.7 Å². The summed E-state index contributed by atoms with van der Waals surface area (Å²) in [5, 5.41) is 1.23. The molecule has 0 fully saturated rings. The van der Waals surface area contributed by atoms with E-state index in [4.69, 9.17) is 25.8 Å². The van der Waals surface area contributed by atoms with E-state index in [1.807, 2.05) is 45.0 Å². The van der Waals surface area contributed by atoms with Crippen LogP contribution in [0.1, 0.15) is 56.0 Å². The van der Waals surface area contributed by atoms with E-state index >= 15 is 0 Å². The van der Waals surface area contributed by atoms with E-state index in [0.29, 0.717) is 47.7 Å². The lowest BCUT2D eigenvalue weighted by atomic mass is 10.1. The predicted octanol–water partition coefficient (Wildman–Crippen LogP) is 6.16. The molecule has 0 saturated carbocycles. The van der Waals surface area contributed by atoms with Crippen LogP contribution in [0.15, 0.2) is 30.3 Å². The molecule has 0 spiro atoms. The van der Waals surface area contributed by atoms with Gasteiger partial charge in [-0.2, -0.15) is 0 Å². The van der Waals surface area contributed by atoms with Crippen molar-refractivity contribution in [2.75, 3.05) is 19.8 Å². The first-order chi connectivity index (χ1) is 14.0. The van der Waals surface area contributed by atoms with Crippen molar-refractivity contribution in [1.29, 1.82) is 0 Å². The summed E-state index contributed by atoms with van der Waals surface area (Å²) in [5.41, 5.74) is 1.39. The van der Waals surface area contributed by atoms with E-state index < -0.39 is 0 Å². The summed E-state index contributed by atoms with van der Waals surface area (Å²) in [5.74, 6) is 1.98. The first-order valence-electron chi connectivity index (χ1n) is 10.1. The highest BCUT2D eigenvalue weighted by Crippen LogP contribution is 2.36. The van der Waals surface area contributed by atoms with Crippen LogP contribution in [0.5, 0.6) is 17.2 Å². The van der Waals surface area contributed by atoms with Crippen molar-refractivity contribution in [2.45, 2.75) is 47.0 Å². The van der Waals surface area contributed by atoms with Crippen LogP contribution in [0.25, 0.3) is 0 Å². The second kappa shape index (κ2) is 12.0. The first-order valence-corrected chi connectivity index (χ1v) is 11.5. The maximum Gasteiger partial charge on any atom is 0.187 e. The predicted molar refractivity (Wildman–Crippen MR) is 122 cm³/mol. The minimum Gasteiger partial charge on any atom is -0.493 e. The lowest BCUT2D eigenvalue weighted by Gasteiger charge is -2.18. The van der Waals surface area contributed by atoms with Crippen LogP contribution in [0, 0.1) is 6.92 Å². The van der Waals surface area contributed by atoms with Crippen molar-refractivity contribution in [3.63, 3.8) is 0 Å². The van der Waals surface area contributed by atoms with Crippen LogP contribution in [0.2, 0.25) is 5.02 Å². The third-order valence-electron chi connectivity index (χ3n) is 4.12. The highest BCUT2D eigenvalue weighted by Gasteiger charge is 2.21. The largest absolute Gasteiger partial charge is 0.493 e. The zero-order valence-corrected chi connectivity index (χ0v) is 19.4. The Morgan fingerprint density at radius 1 is 0.931 bits per heavy atom. The highest BCUT2D eigenvalue weighted by atomic mass is 35.5. The van der Waals surface area contributed by atoms with Gasteiger partial charge in [-0.05, 0) is 46.4 Å². The number of ether oxygens (including phenoxy) is 3. The molecular formula is C23H30ClO4P. The first kappa shape index (κ1) is 23.5. The Labute approximate surface area is 180 Å². The molecular weight excluding hydrogens is 407 g/mol. The van der Waals surface area contributed by atoms with E-state index in [-0.39, 0.29) is 14.1 Å². The van der Waals surface area contributed by atoms with E-state index in [1.165, 1.54) is 0 Å². The molecule has 0 N–H and O–H groups in total. The second-order valence-corrected chi connectivity index (χ2v) is 8.34. The molecule has 6 heteroatoms. The molecule has 29 heavy (non-hydrogen) atoms. The van der Waals surface area contributed by atoms with E-state index in [1.54, 1.807) is 6.07 Å². The summed E-state index contributed by atoms with van der Waals surface area (Å²) in [6.45, 7) is 9.78. The van der Waals surface area contributed by atoms with E-state index in [0.717, 1.165) is 30.1 Å². The topological polar surface area (TPSA) is 44.8 Å². The van der Waals surface area contributed by atoms with Crippen molar-refractivity contribution >= 4 is 31.0 Å². The van der Waals surface area contributed by atoms with Crippen molar-refractivity contribution < 1.29 is 19.0 Å². The van der Waals surface area contributed by atoms with Gasteiger partial charge in [0.1, 0.15) is 17.2 Å². The van der Waals surface area contributed by atoms with Gasteiger partial charge in [-0.15, -0.1) is 0 Å². The van der Waals surface area contributed by atoms with Crippen LogP contribution in [-0.4, -0.2) is 25.3 Å². The molecule has 0 saturated heterocycles. The van der Waals surface area contributed by atoms with Gasteiger partial charge in [0.25, 0.3) is 0 Å². The van der Waals surface area contributed by atoms with Gasteiger partial charge in [-0.3, -0.25) is 4.79 Å². The van der Waals surface area contributed by atoms with Gasteiger partial charge in [0.15, 0.2) is 5.52 Å². The maximum atomic E-state index is 13.2. The molecule has 2 aromatic rings. The Hall–Kier alpha value is -1.77. The van der Waals surface area contributed by atoms with Gasteiger partial charge >= 0.3 is 0 Å². The molecule has 0 aliphatic carbocycles. The Morgan fingerprint density at radius 2 is 1.48 bits per heavy atom. The third-order valence-corrected chi connectivity index (χ3v) is 5.66. The standard InChI is InChI=1S/C23H30ClO4P/c1-5-11-26-17-14-19(27-12-6-2)22(20(15-17)28-13-7-3)29-23(25)21-16(4)9-8-10-18(21)24/h8-10,14-15,29H,5-7,11-13H2,1-4H3. The van der Waals surface area contributed by atoms with E-state index in [2.05, 4.69) is 6.92 Å². The van der Waals surface area contributed by atoms with Crippen molar-refractivity contribution in [1.82, 2.24) is 0 Å². The molecule has 4 nitrogen and oxygen atoms in total. The summed E-state index contributed by atoms with van der Waals surface area (Å²) >= 11 is 6.32. The van der Waals surface area contributed by atoms with Crippen molar-refractivity contribution in [2.24, 2.45) is 0 Å². The Bertz CT molecular complexity index is 773. The van der Waals surface area contributed by atoms with Crippen LogP contribution < -0.4 is 19.5 Å². The average molecular weight is 437 g/mol. The number of carbonyl (C=O) groups is 1. The smallest absolute Gasteiger partial charge is 0.187 e. The molecule has 0 aromatic heterocycles. The molecule has 0 amide bonds. The molecule has 2 rings (SSSR count). The zero-order chi connectivity index (χ0) is 21.2. The fourth-order valence-electron chi connectivity index (χ4n) is 2.74. The van der Waals surface area contributed by atoms with Crippen LogP contribution in [-0.2, 0) is 0 Å². The zero-order valence-electron chi connectivity index (χ0n) is 17.6. The number of rotatable bonds is 12. The summed E-state index contributed by atoms with van der Waals surface area (Å²) in [4.78, 5) is 13.2. The summed E-state index contributed by atoms with van der Waals surface area (Å²) in [6, 6.07) is 9.21. The average Bonchev–Trinajstić information content (AvgIpc) is 2.70. The monoisotopic (exact) mass is 436 g/mol. The molecule has 0 bridgehead atoms. The van der Waals surface area contributed by atoms with Gasteiger partial charge in [0.05, 0.1) is 30.1 Å². The van der Waals surface area contributed by atoms with Gasteiger partial charge < -0.3 is 14.2 Å². The lowest BCUT2D eigenvalue weighted by molar-refractivity contribution is 0.108. The Morgan fingerprint density at radius 3 is 2.00 bits per heavy atom. The maximum absolute atomic E-state index is 13.2. The number of hydrogen-bond donors (Lipinski definition) is 0. The molecule has 1 atom stereocenters. The Balaban J connectivity index is 2.46. The minimum atomic E-state index is -0.162. The molecule has 0 aliphatic heterocycles. The SMILES string of the molecule is CCCOc1cc(OCCC)c(PC(=O)c2c(C)cccc2Cl)c(OCCC)c1. The highest BCUT2D eigenvalue weighted by molar-refractivity contribution is 7.66. The fraction of sp³-hybridized carbons (Fsp3) is 0.435. The lowest BCUT2D eigenvalue weighted by Crippen LogP contribution is -2.14. The molecule has 0 aliphatic rings. The van der Waals surface area contributed by atoms with E-state index in [9.17, 15) is 4.79 Å². The van der Waals surface area contributed by atoms with Gasteiger partial charge in [-0.1, -0.05) is 44.5 Å². The summed E-state index contributed by atoms with van der Waals surface area (Å²) in [7, 11) is -0.162. The summed E-state index contributed by atoms with van der Waals surface area (Å²) < 4.78 is 17.8. The molecule has 1 unspecified atom stereocenters. The van der Waals surface area contributed by atoms with Gasteiger partial charge in [0.2, 0.25) is 0 Å². The van der Waals surface area contributed by atoms with Crippen LogP contribution >= 0.6 is 20.2 Å². The Kier molecular flexibility index (Phi) is 9.76. The number of hydrogen-bond acceptors (Lipinski definition) is 4. The summed E-state index contributed by atoms with van der Waals surface area (Å²) in [6.07, 6.45) is 2.64. The normalized spacial score (nSPS) is 11.1. The number of carbonyl (C=O) groups excluding carboxylic acids is 1. The molecule has 0 heterocycles. The molecule has 0 radical (unpaired) electrons. The molecule has 158 valence electrons. The minimum absolute atomic E-state index is 0.0296. The molecule has 2 aromatic carbocycles. The van der Waals surface area contributed by atoms with Gasteiger partial charge in [-0.25, -0.2) is 0 Å². The second-order valence-electron chi connectivity index (χ2n) is 6.73. The van der Waals surface area contributed by atoms with Crippen LogP contribution in [0.3, 0.4) is 0 Å². The van der Waals surface area contributed by atoms with Crippen LogP contribution in [0.4, 0.5) is 0 Å². The van der Waals surface area contributed by atoms with Crippen molar-refractivity contribution in [3.8, 4) is 17.2 Å². The third kappa shape index (κ3) is 6.62. The number of benzene rings is 2. The quantitative estimate of drug-likeness (QED) is 0.374.